The number of piperidine rings is 3. The second-order valence-corrected chi connectivity index (χ2v) is 10.6. The van der Waals surface area contributed by atoms with Crippen LogP contribution in [0.2, 0.25) is 0 Å². The molecular formula is C25H28NO3S2+. The Morgan fingerprint density at radius 3 is 2.26 bits per heavy atom. The van der Waals surface area contributed by atoms with Crippen molar-refractivity contribution in [2.45, 2.75) is 24.9 Å². The summed E-state index contributed by atoms with van der Waals surface area (Å²) in [7, 11) is 0. The molecule has 4 nitrogen and oxygen atoms in total. The summed E-state index contributed by atoms with van der Waals surface area (Å²) in [5, 5.41) is 4.06. The number of carbonyl (C=O) groups excluding carboxylic acids is 1. The molecule has 2 aromatic heterocycles. The molecule has 2 bridgehead atoms. The summed E-state index contributed by atoms with van der Waals surface area (Å²) in [6.45, 7) is 4.90. The van der Waals surface area contributed by atoms with Crippen LogP contribution in [0.25, 0.3) is 0 Å². The van der Waals surface area contributed by atoms with Crippen LogP contribution in [-0.4, -0.2) is 49.3 Å². The Bertz CT molecular complexity index is 929. The first-order valence-electron chi connectivity index (χ1n) is 11.0. The zero-order valence-electron chi connectivity index (χ0n) is 17.5. The highest BCUT2D eigenvalue weighted by Gasteiger charge is 2.48. The van der Waals surface area contributed by atoms with Crippen LogP contribution < -0.4 is 4.74 Å². The number of thiophene rings is 2. The van der Waals surface area contributed by atoms with E-state index in [2.05, 4.69) is 0 Å². The second-order valence-electron chi connectivity index (χ2n) is 8.63. The van der Waals surface area contributed by atoms with Crippen molar-refractivity contribution in [3.05, 3.63) is 75.1 Å². The molecule has 0 saturated carbocycles. The number of ether oxygens (including phenoxy) is 2. The lowest BCUT2D eigenvalue weighted by Crippen LogP contribution is -2.65. The summed E-state index contributed by atoms with van der Waals surface area (Å²) in [4.78, 5) is 15.5. The maximum Gasteiger partial charge on any atom is 0.320 e. The number of nitrogens with zero attached hydrogens (tertiary/aromatic N) is 1. The number of fused-ring (bicyclic) bond motifs is 3. The lowest BCUT2D eigenvalue weighted by molar-refractivity contribution is -0.946. The summed E-state index contributed by atoms with van der Waals surface area (Å²) in [6.07, 6.45) is 2.27. The van der Waals surface area contributed by atoms with E-state index < -0.39 is 0 Å². The van der Waals surface area contributed by atoms with Gasteiger partial charge in [0.2, 0.25) is 0 Å². The highest BCUT2D eigenvalue weighted by atomic mass is 32.1. The van der Waals surface area contributed by atoms with Crippen LogP contribution in [0, 0.1) is 5.92 Å². The number of quaternary nitrogens is 1. The fraction of sp³-hybridized carbons (Fsp3) is 0.400. The molecule has 31 heavy (non-hydrogen) atoms. The lowest BCUT2D eigenvalue weighted by atomic mass is 9.83. The minimum atomic E-state index is -0.301. The molecule has 0 spiro atoms. The van der Waals surface area contributed by atoms with Crippen LogP contribution in [0.1, 0.15) is 28.5 Å². The molecule has 1 atom stereocenters. The Labute approximate surface area is 191 Å². The van der Waals surface area contributed by atoms with Crippen molar-refractivity contribution in [1.29, 1.82) is 0 Å². The second kappa shape index (κ2) is 9.15. The summed E-state index contributed by atoms with van der Waals surface area (Å²) in [5.41, 5.74) is 0. The molecule has 5 heterocycles. The Morgan fingerprint density at radius 1 is 0.968 bits per heavy atom. The third kappa shape index (κ3) is 4.56. The van der Waals surface area contributed by atoms with E-state index in [0.717, 1.165) is 59.0 Å². The molecule has 0 amide bonds. The number of esters is 1. The van der Waals surface area contributed by atoms with E-state index in [0.29, 0.717) is 12.5 Å². The van der Waals surface area contributed by atoms with Crippen LogP contribution >= 0.6 is 22.7 Å². The zero-order valence-corrected chi connectivity index (χ0v) is 19.2. The predicted octanol–water partition coefficient (Wildman–Crippen LogP) is 5.17. The topological polar surface area (TPSA) is 35.5 Å². The molecule has 3 fully saturated rings. The molecule has 6 heteroatoms. The smallest absolute Gasteiger partial charge is 0.320 e. The fourth-order valence-electron chi connectivity index (χ4n) is 5.04. The van der Waals surface area contributed by atoms with Gasteiger partial charge in [-0.05, 0) is 35.0 Å². The molecule has 3 aliphatic rings. The van der Waals surface area contributed by atoms with Gasteiger partial charge < -0.3 is 14.0 Å². The SMILES string of the molecule is O=C(O[C@H]1C[N+]2(CCOc3ccccc3)CCC1CC2)C(c1cccs1)c1cccs1. The summed E-state index contributed by atoms with van der Waals surface area (Å²) >= 11 is 3.26. The highest BCUT2D eigenvalue weighted by Crippen LogP contribution is 2.38. The van der Waals surface area contributed by atoms with Crippen LogP contribution in [-0.2, 0) is 9.53 Å². The van der Waals surface area contributed by atoms with Gasteiger partial charge in [0.05, 0.1) is 13.1 Å². The van der Waals surface area contributed by atoms with Crippen LogP contribution in [0.3, 0.4) is 0 Å². The average Bonchev–Trinajstić information content (AvgIpc) is 3.51. The monoisotopic (exact) mass is 454 g/mol. The molecular weight excluding hydrogens is 426 g/mol. The lowest BCUT2D eigenvalue weighted by Gasteiger charge is -2.52. The van der Waals surface area contributed by atoms with Crippen LogP contribution in [0.4, 0.5) is 0 Å². The van der Waals surface area contributed by atoms with Gasteiger partial charge in [0, 0.05) is 28.5 Å². The zero-order chi connectivity index (χ0) is 21.1. The van der Waals surface area contributed by atoms with Gasteiger partial charge in [-0.15, -0.1) is 22.7 Å². The van der Waals surface area contributed by atoms with E-state index in [4.69, 9.17) is 9.47 Å². The first kappa shape index (κ1) is 20.7. The first-order chi connectivity index (χ1) is 15.2. The average molecular weight is 455 g/mol. The molecule has 3 aliphatic heterocycles. The molecule has 0 radical (unpaired) electrons. The summed E-state index contributed by atoms with van der Waals surface area (Å²) in [5.74, 6) is 1.02. The highest BCUT2D eigenvalue weighted by molar-refractivity contribution is 7.11. The van der Waals surface area contributed by atoms with Crippen molar-refractivity contribution in [3.8, 4) is 5.75 Å². The number of rotatable bonds is 8. The Hall–Kier alpha value is -2.15. The van der Waals surface area contributed by atoms with Crippen molar-refractivity contribution >= 4 is 28.6 Å². The van der Waals surface area contributed by atoms with Gasteiger partial charge in [-0.25, -0.2) is 0 Å². The predicted molar refractivity (Wildman–Crippen MR) is 125 cm³/mol. The first-order valence-corrected chi connectivity index (χ1v) is 12.8. The quantitative estimate of drug-likeness (QED) is 0.348. The molecule has 0 N–H and O–H groups in total. The largest absolute Gasteiger partial charge is 0.488 e. The van der Waals surface area contributed by atoms with Crippen molar-refractivity contribution in [3.63, 3.8) is 0 Å². The van der Waals surface area contributed by atoms with Crippen LogP contribution in [0.5, 0.6) is 5.75 Å². The number of hydrogen-bond donors (Lipinski definition) is 0. The van der Waals surface area contributed by atoms with Gasteiger partial charge >= 0.3 is 5.97 Å². The Balaban J connectivity index is 1.24. The van der Waals surface area contributed by atoms with Crippen molar-refractivity contribution in [1.82, 2.24) is 0 Å². The van der Waals surface area contributed by atoms with E-state index in [-0.39, 0.29) is 18.0 Å². The third-order valence-electron chi connectivity index (χ3n) is 6.78. The molecule has 0 unspecified atom stereocenters. The fourth-order valence-corrected chi connectivity index (χ4v) is 6.78. The number of carbonyl (C=O) groups is 1. The van der Waals surface area contributed by atoms with Gasteiger partial charge in [-0.1, -0.05) is 30.3 Å². The number of para-hydroxylation sites is 1. The minimum absolute atomic E-state index is 0.00847. The van der Waals surface area contributed by atoms with Gasteiger partial charge in [0.25, 0.3) is 0 Å². The van der Waals surface area contributed by atoms with Crippen LogP contribution in [0.15, 0.2) is 65.4 Å². The van der Waals surface area contributed by atoms with Crippen molar-refractivity contribution in [2.24, 2.45) is 5.92 Å². The molecule has 6 rings (SSSR count). The standard InChI is InChI=1S/C25H28NO3S2/c27-25(24(22-8-4-16-30-22)23-9-5-17-31-23)29-21-18-26(12-10-19(21)11-13-26)14-15-28-20-6-2-1-3-7-20/h1-9,16-17,19,21,24H,10-15,18H2/q+1/t19?,21-,26?/m0/s1. The van der Waals surface area contributed by atoms with E-state index in [1.54, 1.807) is 22.7 Å². The molecule has 3 saturated heterocycles. The number of hydrogen-bond acceptors (Lipinski definition) is 5. The molecule has 162 valence electrons. The Kier molecular flexibility index (Phi) is 6.12. The van der Waals surface area contributed by atoms with E-state index in [1.807, 2.05) is 65.4 Å². The molecule has 1 aromatic carbocycles. The van der Waals surface area contributed by atoms with Gasteiger partial charge in [-0.2, -0.15) is 0 Å². The van der Waals surface area contributed by atoms with E-state index in [9.17, 15) is 4.79 Å². The maximum atomic E-state index is 13.3. The molecule has 3 aromatic rings. The summed E-state index contributed by atoms with van der Waals surface area (Å²) in [6, 6.07) is 18.1. The summed E-state index contributed by atoms with van der Waals surface area (Å²) < 4.78 is 13.2. The number of benzene rings is 1. The van der Waals surface area contributed by atoms with Gasteiger partial charge in [0.1, 0.15) is 31.4 Å². The minimum Gasteiger partial charge on any atom is -0.488 e. The maximum absolute atomic E-state index is 13.3. The van der Waals surface area contributed by atoms with Gasteiger partial charge in [0.15, 0.2) is 6.10 Å². The van der Waals surface area contributed by atoms with E-state index in [1.165, 1.54) is 0 Å². The molecule has 0 aliphatic carbocycles. The van der Waals surface area contributed by atoms with E-state index >= 15 is 0 Å². The van der Waals surface area contributed by atoms with Crippen molar-refractivity contribution < 1.29 is 18.8 Å². The van der Waals surface area contributed by atoms with Gasteiger partial charge in [-0.3, -0.25) is 4.79 Å². The van der Waals surface area contributed by atoms with Crippen molar-refractivity contribution in [2.75, 3.05) is 32.8 Å². The normalized spacial score (nSPS) is 24.9. The third-order valence-corrected chi connectivity index (χ3v) is 8.65. The Morgan fingerprint density at radius 2 is 1.65 bits per heavy atom.